The van der Waals surface area contributed by atoms with Gasteiger partial charge in [0.05, 0.1) is 6.07 Å². The molecule has 1 aromatic carbocycles. The lowest BCUT2D eigenvalue weighted by Crippen LogP contribution is -2.42. The maximum absolute atomic E-state index is 13.2. The number of benzene rings is 1. The van der Waals surface area contributed by atoms with E-state index in [4.69, 9.17) is 0 Å². The minimum atomic E-state index is -0.603. The van der Waals surface area contributed by atoms with Crippen LogP contribution in [0.25, 0.3) is 0 Å². The summed E-state index contributed by atoms with van der Waals surface area (Å²) in [6.45, 7) is 1.92. The smallest absolute Gasteiger partial charge is 0.125 e. The Morgan fingerprint density at radius 2 is 2.06 bits per heavy atom. The van der Waals surface area contributed by atoms with Gasteiger partial charge >= 0.3 is 0 Å². The molecule has 0 amide bonds. The van der Waals surface area contributed by atoms with Crippen molar-refractivity contribution in [1.82, 2.24) is 0 Å². The van der Waals surface area contributed by atoms with Gasteiger partial charge in [-0.3, -0.25) is 0 Å². The van der Waals surface area contributed by atoms with Gasteiger partial charge in [-0.25, -0.2) is 4.39 Å². The van der Waals surface area contributed by atoms with E-state index in [0.717, 1.165) is 12.8 Å². The SMILES string of the molecule is CC(C#N)(Nc1cccc(F)c1)C1CCCCC1. The molecule has 1 N–H and O–H groups in total. The third-order valence-electron chi connectivity index (χ3n) is 3.88. The molecular formula is C15H19FN2. The molecule has 0 heterocycles. The molecule has 18 heavy (non-hydrogen) atoms. The Morgan fingerprint density at radius 1 is 1.33 bits per heavy atom. The van der Waals surface area contributed by atoms with Gasteiger partial charge in [0, 0.05) is 5.69 Å². The van der Waals surface area contributed by atoms with Crippen LogP contribution in [0.3, 0.4) is 0 Å². The van der Waals surface area contributed by atoms with Crippen LogP contribution in [-0.2, 0) is 0 Å². The van der Waals surface area contributed by atoms with Crippen molar-refractivity contribution >= 4 is 5.69 Å². The molecule has 0 spiro atoms. The number of anilines is 1. The van der Waals surface area contributed by atoms with E-state index < -0.39 is 5.54 Å². The molecule has 1 unspecified atom stereocenters. The normalized spacial score (nSPS) is 19.8. The van der Waals surface area contributed by atoms with Gasteiger partial charge in [-0.2, -0.15) is 5.26 Å². The van der Waals surface area contributed by atoms with Gasteiger partial charge in [-0.15, -0.1) is 0 Å². The zero-order valence-corrected chi connectivity index (χ0v) is 10.7. The van der Waals surface area contributed by atoms with Crippen LogP contribution in [0.2, 0.25) is 0 Å². The van der Waals surface area contributed by atoms with Gasteiger partial charge in [0.25, 0.3) is 0 Å². The zero-order chi connectivity index (χ0) is 13.0. The Bertz CT molecular complexity index is 446. The summed E-state index contributed by atoms with van der Waals surface area (Å²) in [4.78, 5) is 0. The third kappa shape index (κ3) is 2.81. The molecule has 1 aliphatic carbocycles. The van der Waals surface area contributed by atoms with Crippen molar-refractivity contribution < 1.29 is 4.39 Å². The maximum Gasteiger partial charge on any atom is 0.125 e. The lowest BCUT2D eigenvalue weighted by molar-refractivity contribution is 0.286. The van der Waals surface area contributed by atoms with E-state index in [1.54, 1.807) is 6.07 Å². The summed E-state index contributed by atoms with van der Waals surface area (Å²) >= 11 is 0. The molecule has 1 aliphatic rings. The molecule has 0 aromatic heterocycles. The Balaban J connectivity index is 2.15. The Labute approximate surface area is 108 Å². The van der Waals surface area contributed by atoms with Crippen LogP contribution in [0.4, 0.5) is 10.1 Å². The molecule has 1 saturated carbocycles. The van der Waals surface area contributed by atoms with Gasteiger partial charge in [0.2, 0.25) is 0 Å². The zero-order valence-electron chi connectivity index (χ0n) is 10.7. The number of nitrogens with one attached hydrogen (secondary N) is 1. The molecule has 1 fully saturated rings. The highest BCUT2D eigenvalue weighted by molar-refractivity contribution is 5.47. The second kappa shape index (κ2) is 5.39. The van der Waals surface area contributed by atoms with E-state index in [0.29, 0.717) is 11.6 Å². The average Bonchev–Trinajstić information content (AvgIpc) is 2.39. The quantitative estimate of drug-likeness (QED) is 0.871. The predicted octanol–water partition coefficient (Wildman–Crippen LogP) is 4.10. The number of nitrogens with zero attached hydrogens (tertiary/aromatic N) is 1. The molecule has 0 bridgehead atoms. The van der Waals surface area contributed by atoms with E-state index in [-0.39, 0.29) is 5.82 Å². The van der Waals surface area contributed by atoms with Crippen LogP contribution in [0.1, 0.15) is 39.0 Å². The summed E-state index contributed by atoms with van der Waals surface area (Å²) in [5, 5.41) is 12.7. The summed E-state index contributed by atoms with van der Waals surface area (Å²) in [5.41, 5.74) is 0.0819. The van der Waals surface area contributed by atoms with E-state index in [1.165, 1.54) is 31.4 Å². The minimum absolute atomic E-state index is 0.274. The highest BCUT2D eigenvalue weighted by Gasteiger charge is 2.35. The second-order valence-electron chi connectivity index (χ2n) is 5.28. The molecule has 96 valence electrons. The van der Waals surface area contributed by atoms with Crippen LogP contribution in [0, 0.1) is 23.1 Å². The number of hydrogen-bond donors (Lipinski definition) is 1. The Kier molecular flexibility index (Phi) is 3.86. The number of halogens is 1. The van der Waals surface area contributed by atoms with Gasteiger partial charge in [0.1, 0.15) is 11.4 Å². The predicted molar refractivity (Wildman–Crippen MR) is 70.6 cm³/mol. The van der Waals surface area contributed by atoms with Crippen LogP contribution in [0.5, 0.6) is 0 Å². The first-order valence-electron chi connectivity index (χ1n) is 6.59. The van der Waals surface area contributed by atoms with Crippen LogP contribution < -0.4 is 5.32 Å². The van der Waals surface area contributed by atoms with E-state index >= 15 is 0 Å². The topological polar surface area (TPSA) is 35.8 Å². The largest absolute Gasteiger partial charge is 0.367 e. The Hall–Kier alpha value is -1.56. The average molecular weight is 246 g/mol. The van der Waals surface area contributed by atoms with Crippen molar-refractivity contribution in [2.24, 2.45) is 5.92 Å². The lowest BCUT2D eigenvalue weighted by Gasteiger charge is -2.35. The van der Waals surface area contributed by atoms with E-state index in [2.05, 4.69) is 11.4 Å². The van der Waals surface area contributed by atoms with E-state index in [9.17, 15) is 9.65 Å². The highest BCUT2D eigenvalue weighted by atomic mass is 19.1. The molecule has 0 saturated heterocycles. The van der Waals surface area contributed by atoms with E-state index in [1.807, 2.05) is 13.0 Å². The fraction of sp³-hybridized carbons (Fsp3) is 0.533. The molecular weight excluding hydrogens is 227 g/mol. The number of hydrogen-bond acceptors (Lipinski definition) is 2. The first-order valence-corrected chi connectivity index (χ1v) is 6.59. The van der Waals surface area contributed by atoms with Crippen LogP contribution >= 0.6 is 0 Å². The number of rotatable bonds is 3. The van der Waals surface area contributed by atoms with Gasteiger partial charge in [-0.05, 0) is 43.9 Å². The van der Waals surface area contributed by atoms with Crippen molar-refractivity contribution in [2.45, 2.75) is 44.6 Å². The molecule has 0 radical (unpaired) electrons. The Morgan fingerprint density at radius 3 is 2.67 bits per heavy atom. The fourth-order valence-corrected chi connectivity index (χ4v) is 2.77. The fourth-order valence-electron chi connectivity index (χ4n) is 2.77. The first-order chi connectivity index (χ1) is 8.64. The van der Waals surface area contributed by atoms with Crippen molar-refractivity contribution in [1.29, 1.82) is 5.26 Å². The van der Waals surface area contributed by atoms with Crippen molar-refractivity contribution in [3.8, 4) is 6.07 Å². The minimum Gasteiger partial charge on any atom is -0.367 e. The van der Waals surface area contributed by atoms with Crippen molar-refractivity contribution in [3.63, 3.8) is 0 Å². The van der Waals surface area contributed by atoms with Crippen molar-refractivity contribution in [2.75, 3.05) is 5.32 Å². The first kappa shape index (κ1) is 12.9. The monoisotopic (exact) mass is 246 g/mol. The summed E-state index contributed by atoms with van der Waals surface area (Å²) in [6.07, 6.45) is 5.79. The molecule has 3 heteroatoms. The van der Waals surface area contributed by atoms with Gasteiger partial charge in [-0.1, -0.05) is 25.3 Å². The van der Waals surface area contributed by atoms with Crippen LogP contribution in [0.15, 0.2) is 24.3 Å². The van der Waals surface area contributed by atoms with Crippen molar-refractivity contribution in [3.05, 3.63) is 30.1 Å². The maximum atomic E-state index is 13.2. The second-order valence-corrected chi connectivity index (χ2v) is 5.28. The van der Waals surface area contributed by atoms with Gasteiger partial charge < -0.3 is 5.32 Å². The highest BCUT2D eigenvalue weighted by Crippen LogP contribution is 2.34. The molecule has 0 aliphatic heterocycles. The third-order valence-corrected chi connectivity index (χ3v) is 3.88. The summed E-state index contributed by atoms with van der Waals surface area (Å²) in [7, 11) is 0. The molecule has 2 rings (SSSR count). The number of nitriles is 1. The summed E-state index contributed by atoms with van der Waals surface area (Å²) in [6, 6.07) is 8.71. The van der Waals surface area contributed by atoms with Crippen LogP contribution in [-0.4, -0.2) is 5.54 Å². The van der Waals surface area contributed by atoms with Gasteiger partial charge in [0.15, 0.2) is 0 Å². The molecule has 2 nitrogen and oxygen atoms in total. The molecule has 1 aromatic rings. The standard InChI is InChI=1S/C15H19FN2/c1-15(11-17,12-6-3-2-4-7-12)18-14-9-5-8-13(16)10-14/h5,8-10,12,18H,2-4,6-7H2,1H3. The lowest BCUT2D eigenvalue weighted by atomic mass is 9.76. The molecule has 1 atom stereocenters. The summed E-state index contributed by atoms with van der Waals surface area (Å²) in [5.74, 6) is 0.0726. The summed E-state index contributed by atoms with van der Waals surface area (Å²) < 4.78 is 13.2.